The van der Waals surface area contributed by atoms with Gasteiger partial charge in [0.05, 0.1) is 29.0 Å². The van der Waals surface area contributed by atoms with Crippen molar-refractivity contribution in [3.63, 3.8) is 0 Å². The number of nitrogens with zero attached hydrogens (tertiary/aromatic N) is 7. The van der Waals surface area contributed by atoms with E-state index in [-0.39, 0.29) is 0 Å². The maximum absolute atomic E-state index is 14.0. The number of carbonyl (C=O) groups excluding carboxylic acids is 2. The summed E-state index contributed by atoms with van der Waals surface area (Å²) < 4.78 is 7.62. The summed E-state index contributed by atoms with van der Waals surface area (Å²) in [6.07, 6.45) is 5.50. The number of rotatable bonds is 9. The Morgan fingerprint density at radius 3 is 1.90 bits per heavy atom. The average molecular weight is 813 g/mol. The first-order valence-electron chi connectivity index (χ1n) is 20.0. The van der Waals surface area contributed by atoms with Crippen molar-refractivity contribution in [1.82, 2.24) is 28.5 Å². The molecule has 0 unspecified atom stereocenters. The standard InChI is InChI=1S/C49H37N11O2/c1-33-32-41(53-49(62)54-46-44(35-18-7-3-8-19-35)52-40-23-11-13-30-57(40)46)60(56-33)38-27-25-37(26-28-38)59-42-24-12-14-31-58(42)47(45(59)36-20-9-4-10-21-36)55-48(61)51-39-22-15-29-50-43(39)34-16-5-2-6-17-34/h2-32H,1H3,(H3-,51,53,54,55,56,61,62)/p+1. The number of aryl methyl sites for hydroxylation is 1. The van der Waals surface area contributed by atoms with E-state index in [1.807, 2.05) is 192 Å². The van der Waals surface area contributed by atoms with Crippen molar-refractivity contribution in [1.29, 1.82) is 0 Å². The molecular formula is C49H38N11O2+. The van der Waals surface area contributed by atoms with Crippen molar-refractivity contribution in [2.24, 2.45) is 0 Å². The van der Waals surface area contributed by atoms with E-state index in [1.165, 1.54) is 0 Å². The molecule has 0 spiro atoms. The van der Waals surface area contributed by atoms with Crippen LogP contribution in [0.15, 0.2) is 188 Å². The number of imidazole rings is 2. The lowest BCUT2D eigenvalue weighted by Crippen LogP contribution is -2.32. The van der Waals surface area contributed by atoms with Crippen molar-refractivity contribution in [3.8, 4) is 45.1 Å². The molecular weight excluding hydrogens is 775 g/mol. The van der Waals surface area contributed by atoms with Crippen LogP contribution in [0.4, 0.5) is 32.7 Å². The first-order valence-corrected chi connectivity index (χ1v) is 20.0. The molecule has 10 aromatic rings. The zero-order chi connectivity index (χ0) is 42.0. The van der Waals surface area contributed by atoms with Gasteiger partial charge in [-0.15, -0.1) is 0 Å². The molecule has 4 N–H and O–H groups in total. The first kappa shape index (κ1) is 37.4. The number of hydrogen-bond donors (Lipinski definition) is 4. The Kier molecular flexibility index (Phi) is 9.70. The number of amides is 4. The fourth-order valence-corrected chi connectivity index (χ4v) is 7.67. The smallest absolute Gasteiger partial charge is 0.306 e. The van der Waals surface area contributed by atoms with E-state index in [0.717, 1.165) is 45.1 Å². The number of hydrogen-bond acceptors (Lipinski definition) is 5. The highest BCUT2D eigenvalue weighted by atomic mass is 16.2. The summed E-state index contributed by atoms with van der Waals surface area (Å²) in [6.45, 7) is 1.88. The van der Waals surface area contributed by atoms with Gasteiger partial charge in [-0.2, -0.15) is 14.1 Å². The van der Waals surface area contributed by atoms with Crippen LogP contribution in [0.5, 0.6) is 0 Å². The molecule has 0 fully saturated rings. The number of benzene rings is 4. The molecule has 0 radical (unpaired) electrons. The molecule has 4 amide bonds. The second kappa shape index (κ2) is 16.1. The van der Waals surface area contributed by atoms with Gasteiger partial charge in [-0.05, 0) is 61.5 Å². The van der Waals surface area contributed by atoms with Crippen molar-refractivity contribution >= 4 is 46.5 Å². The fraction of sp³-hybridized carbons (Fsp3) is 0.0204. The Balaban J connectivity index is 0.971. The molecule has 0 aliphatic rings. The van der Waals surface area contributed by atoms with E-state index < -0.39 is 12.1 Å². The Labute approximate surface area is 355 Å². The topological polar surface area (TPSA) is 139 Å². The minimum absolute atomic E-state index is 0.422. The summed E-state index contributed by atoms with van der Waals surface area (Å²) >= 11 is 0. The number of aromatic nitrogens is 7. The third-order valence-corrected chi connectivity index (χ3v) is 10.4. The maximum Gasteiger partial charge on any atom is 0.326 e. The number of urea groups is 2. The highest BCUT2D eigenvalue weighted by Crippen LogP contribution is 2.32. The molecule has 6 heterocycles. The van der Waals surface area contributed by atoms with Crippen LogP contribution in [-0.4, -0.2) is 40.6 Å². The Morgan fingerprint density at radius 2 is 1.18 bits per heavy atom. The zero-order valence-electron chi connectivity index (χ0n) is 33.3. The second-order valence-electron chi connectivity index (χ2n) is 14.5. The number of carbonyl (C=O) groups is 2. The van der Waals surface area contributed by atoms with Crippen molar-refractivity contribution in [3.05, 3.63) is 194 Å². The fourth-order valence-electron chi connectivity index (χ4n) is 7.67. The van der Waals surface area contributed by atoms with Gasteiger partial charge in [0.15, 0.2) is 0 Å². The third-order valence-electron chi connectivity index (χ3n) is 10.4. The molecule has 10 rings (SSSR count). The van der Waals surface area contributed by atoms with Gasteiger partial charge in [-0.25, -0.2) is 19.3 Å². The monoisotopic (exact) mass is 812 g/mol. The molecule has 0 bridgehead atoms. The summed E-state index contributed by atoms with van der Waals surface area (Å²) in [7, 11) is 0. The second-order valence-corrected chi connectivity index (χ2v) is 14.5. The van der Waals surface area contributed by atoms with Gasteiger partial charge in [0, 0.05) is 41.2 Å². The maximum atomic E-state index is 14.0. The van der Waals surface area contributed by atoms with Crippen molar-refractivity contribution in [2.45, 2.75) is 6.92 Å². The van der Waals surface area contributed by atoms with Gasteiger partial charge < -0.3 is 5.32 Å². The molecule has 0 saturated carbocycles. The Hall–Kier alpha value is -8.84. The van der Waals surface area contributed by atoms with Crippen LogP contribution >= 0.6 is 0 Å². The normalized spacial score (nSPS) is 11.1. The van der Waals surface area contributed by atoms with Crippen LogP contribution < -0.4 is 25.8 Å². The molecule has 0 aliphatic heterocycles. The van der Waals surface area contributed by atoms with E-state index in [1.54, 1.807) is 16.9 Å². The lowest BCUT2D eigenvalue weighted by Gasteiger charge is -2.12. The van der Waals surface area contributed by atoms with E-state index in [0.29, 0.717) is 40.2 Å². The predicted molar refractivity (Wildman–Crippen MR) is 242 cm³/mol. The predicted octanol–water partition coefficient (Wildman–Crippen LogP) is 10.0. The number of nitrogens with one attached hydrogen (secondary N) is 4. The summed E-state index contributed by atoms with van der Waals surface area (Å²) in [5.74, 6) is 1.60. The van der Waals surface area contributed by atoms with Crippen LogP contribution in [0, 0.1) is 6.92 Å². The number of anilines is 4. The van der Waals surface area contributed by atoms with Gasteiger partial charge in [0.1, 0.15) is 28.7 Å². The molecule has 13 heteroatoms. The minimum Gasteiger partial charge on any atom is -0.306 e. The molecule has 6 aromatic heterocycles. The lowest BCUT2D eigenvalue weighted by molar-refractivity contribution is -0.554. The van der Waals surface area contributed by atoms with E-state index in [9.17, 15) is 9.59 Å². The molecule has 0 aliphatic carbocycles. The minimum atomic E-state index is -0.446. The quantitative estimate of drug-likeness (QED) is 0.108. The van der Waals surface area contributed by atoms with Gasteiger partial charge in [0.2, 0.25) is 5.69 Å². The molecule has 0 saturated heterocycles. The molecule has 300 valence electrons. The van der Waals surface area contributed by atoms with E-state index >= 15 is 0 Å². The highest BCUT2D eigenvalue weighted by Gasteiger charge is 2.30. The summed E-state index contributed by atoms with van der Waals surface area (Å²) in [4.78, 5) is 37.1. The molecule has 62 heavy (non-hydrogen) atoms. The highest BCUT2D eigenvalue weighted by molar-refractivity contribution is 6.03. The molecule has 4 aromatic carbocycles. The van der Waals surface area contributed by atoms with Gasteiger partial charge >= 0.3 is 12.1 Å². The summed E-state index contributed by atoms with van der Waals surface area (Å²) in [5.41, 5.74) is 9.14. The average Bonchev–Trinajstić information content (AvgIpc) is 3.98. The number of fused-ring (bicyclic) bond motifs is 2. The van der Waals surface area contributed by atoms with Crippen LogP contribution in [-0.2, 0) is 0 Å². The third kappa shape index (κ3) is 7.15. The van der Waals surface area contributed by atoms with Crippen LogP contribution in [0.2, 0.25) is 0 Å². The zero-order valence-corrected chi connectivity index (χ0v) is 33.3. The lowest BCUT2D eigenvalue weighted by atomic mass is 10.1. The Bertz CT molecular complexity index is 3230. The molecule has 0 atom stereocenters. The largest absolute Gasteiger partial charge is 0.326 e. The van der Waals surface area contributed by atoms with Crippen LogP contribution in [0.25, 0.3) is 56.4 Å². The van der Waals surface area contributed by atoms with Gasteiger partial charge in [0.25, 0.3) is 11.5 Å². The summed E-state index contributed by atoms with van der Waals surface area (Å²) in [5, 5.41) is 17.0. The van der Waals surface area contributed by atoms with E-state index in [4.69, 9.17) is 10.1 Å². The van der Waals surface area contributed by atoms with Crippen LogP contribution in [0.3, 0.4) is 0 Å². The van der Waals surface area contributed by atoms with Gasteiger partial charge in [-0.3, -0.25) is 25.3 Å². The molecule has 13 nitrogen and oxygen atoms in total. The summed E-state index contributed by atoms with van der Waals surface area (Å²) in [6, 6.07) is 53.5. The van der Waals surface area contributed by atoms with Gasteiger partial charge in [-0.1, -0.05) is 103 Å². The van der Waals surface area contributed by atoms with E-state index in [2.05, 4.69) is 30.8 Å². The number of pyridine rings is 3. The SMILES string of the molecule is Cc1cc(NC(=O)Nc2c(-c3ccccc3)nc3ccccn23)n(-c2ccc(-[n+]3c(-c4ccccc4)c(NC(=O)Nc4cccnc4-c4ccccc4)n4ccccc43)cc2)n1. The van der Waals surface area contributed by atoms with Crippen molar-refractivity contribution < 1.29 is 14.2 Å². The first-order chi connectivity index (χ1) is 30.5. The van der Waals surface area contributed by atoms with Crippen LogP contribution in [0.1, 0.15) is 5.69 Å². The Morgan fingerprint density at radius 1 is 0.565 bits per heavy atom. The van der Waals surface area contributed by atoms with Crippen molar-refractivity contribution in [2.75, 3.05) is 21.3 Å².